The van der Waals surface area contributed by atoms with Crippen LogP contribution in [0.2, 0.25) is 19.6 Å². The van der Waals surface area contributed by atoms with Crippen LogP contribution >= 0.6 is 0 Å². The van der Waals surface area contributed by atoms with E-state index in [1.165, 1.54) is 18.2 Å². The molecule has 0 spiro atoms. The predicted molar refractivity (Wildman–Crippen MR) is 63.9 cm³/mol. The summed E-state index contributed by atoms with van der Waals surface area (Å²) in [6.07, 6.45) is -3.04. The minimum Gasteiger partial charge on any atom is -0.217 e. The van der Waals surface area contributed by atoms with E-state index >= 15 is 0 Å². The Bertz CT molecular complexity index is 410. The topological polar surface area (TPSA) is 0 Å². The van der Waals surface area contributed by atoms with Crippen LogP contribution in [0.5, 0.6) is 0 Å². The molecule has 0 aliphatic rings. The Balaban J connectivity index is 2.97. The van der Waals surface area contributed by atoms with E-state index in [0.29, 0.717) is 5.56 Å². The van der Waals surface area contributed by atoms with E-state index in [0.717, 1.165) is 12.1 Å². The predicted octanol–water partition coefficient (Wildman–Crippen LogP) is 4.89. The Kier molecular flexibility index (Phi) is 3.81. The highest BCUT2D eigenvalue weighted by atomic mass is 28.3. The largest absolute Gasteiger partial charge is 0.416 e. The molecular formula is C12H14F4Si. The molecule has 0 amide bonds. The summed E-state index contributed by atoms with van der Waals surface area (Å²) in [5.41, 5.74) is -0.488. The lowest BCUT2D eigenvalue weighted by Gasteiger charge is -2.12. The maximum absolute atomic E-state index is 13.6. The van der Waals surface area contributed by atoms with Crippen LogP contribution in [-0.2, 0) is 6.18 Å². The molecule has 17 heavy (non-hydrogen) atoms. The highest BCUT2D eigenvalue weighted by Gasteiger charge is 2.29. The van der Waals surface area contributed by atoms with Crippen LogP contribution in [0.1, 0.15) is 11.1 Å². The molecule has 0 nitrogen and oxygen atoms in total. The number of halogens is 4. The van der Waals surface area contributed by atoms with Crippen molar-refractivity contribution in [2.24, 2.45) is 0 Å². The van der Waals surface area contributed by atoms with Crippen LogP contribution in [0.15, 0.2) is 29.7 Å². The van der Waals surface area contributed by atoms with Gasteiger partial charge in [-0.15, -0.1) is 0 Å². The first kappa shape index (κ1) is 14.0. The molecule has 0 aliphatic heterocycles. The van der Waals surface area contributed by atoms with E-state index in [2.05, 4.69) is 0 Å². The lowest BCUT2D eigenvalue weighted by atomic mass is 10.1. The molecule has 0 unspecified atom stereocenters. The van der Waals surface area contributed by atoms with Crippen molar-refractivity contribution in [2.45, 2.75) is 25.8 Å². The van der Waals surface area contributed by atoms with E-state index in [1.807, 2.05) is 19.6 Å². The summed E-state index contributed by atoms with van der Waals surface area (Å²) in [6.45, 7) is 5.51. The first-order chi connectivity index (χ1) is 7.60. The number of rotatable bonds is 2. The zero-order valence-corrected chi connectivity index (χ0v) is 10.9. The third kappa shape index (κ3) is 4.00. The fraction of sp³-hybridized carbons (Fsp3) is 0.333. The van der Waals surface area contributed by atoms with Crippen molar-refractivity contribution in [1.29, 1.82) is 0 Å². The van der Waals surface area contributed by atoms with Gasteiger partial charge in [-0.25, -0.2) is 4.39 Å². The molecule has 1 rings (SSSR count). The van der Waals surface area contributed by atoms with Gasteiger partial charge >= 0.3 is 6.18 Å². The minimum absolute atomic E-state index is 0.225. The Labute approximate surface area is 99.0 Å². The summed E-state index contributed by atoms with van der Waals surface area (Å²) >= 11 is 0. The average Bonchev–Trinajstić information content (AvgIpc) is 2.15. The van der Waals surface area contributed by atoms with Gasteiger partial charge in [0.1, 0.15) is 8.07 Å². The minimum atomic E-state index is -4.35. The molecule has 0 aliphatic carbocycles. The standard InChI is InChI=1S/C12H14F4Si/c1-17(2,3)11(13)8-9-4-6-10(7-5-9)12(14,15)16/h4-8H,1-3H3. The van der Waals surface area contributed by atoms with Crippen molar-refractivity contribution >= 4 is 14.1 Å². The van der Waals surface area contributed by atoms with Crippen LogP contribution < -0.4 is 0 Å². The van der Waals surface area contributed by atoms with Gasteiger partial charge in [-0.05, 0) is 23.8 Å². The summed E-state index contributed by atoms with van der Waals surface area (Å²) in [5.74, 6) is 0. The zero-order valence-electron chi connectivity index (χ0n) is 9.90. The van der Waals surface area contributed by atoms with Crippen molar-refractivity contribution in [2.75, 3.05) is 0 Å². The van der Waals surface area contributed by atoms with E-state index in [9.17, 15) is 17.6 Å². The molecule has 0 heterocycles. The van der Waals surface area contributed by atoms with Gasteiger partial charge in [0, 0.05) is 0 Å². The molecule has 0 N–H and O–H groups in total. The quantitative estimate of drug-likeness (QED) is 0.525. The first-order valence-electron chi connectivity index (χ1n) is 5.15. The lowest BCUT2D eigenvalue weighted by molar-refractivity contribution is -0.137. The van der Waals surface area contributed by atoms with E-state index in [-0.39, 0.29) is 5.45 Å². The van der Waals surface area contributed by atoms with Gasteiger partial charge < -0.3 is 0 Å². The molecule has 0 saturated carbocycles. The van der Waals surface area contributed by atoms with Gasteiger partial charge in [-0.2, -0.15) is 13.2 Å². The van der Waals surface area contributed by atoms with Crippen molar-refractivity contribution in [3.05, 3.63) is 40.8 Å². The van der Waals surface area contributed by atoms with Gasteiger partial charge in [0.15, 0.2) is 0 Å². The molecule has 1 aromatic carbocycles. The van der Waals surface area contributed by atoms with Crippen molar-refractivity contribution < 1.29 is 17.6 Å². The number of alkyl halides is 3. The average molecular weight is 262 g/mol. The van der Waals surface area contributed by atoms with E-state index in [4.69, 9.17) is 0 Å². The van der Waals surface area contributed by atoms with Gasteiger partial charge in [0.05, 0.1) is 11.0 Å². The molecule has 0 fully saturated rings. The van der Waals surface area contributed by atoms with Gasteiger partial charge in [-0.1, -0.05) is 31.8 Å². The summed E-state index contributed by atoms with van der Waals surface area (Å²) < 4.78 is 50.5. The first-order valence-corrected chi connectivity index (χ1v) is 8.65. The zero-order chi connectivity index (χ0) is 13.3. The third-order valence-electron chi connectivity index (χ3n) is 2.25. The summed E-state index contributed by atoms with van der Waals surface area (Å²) in [6, 6.07) is 4.48. The second-order valence-corrected chi connectivity index (χ2v) is 9.84. The highest BCUT2D eigenvalue weighted by molar-refractivity contribution is 6.83. The van der Waals surface area contributed by atoms with Gasteiger partial charge in [0.25, 0.3) is 0 Å². The summed E-state index contributed by atoms with van der Waals surface area (Å²) in [7, 11) is -2.02. The Morgan fingerprint density at radius 1 is 1.06 bits per heavy atom. The van der Waals surface area contributed by atoms with Gasteiger partial charge in [-0.3, -0.25) is 0 Å². The smallest absolute Gasteiger partial charge is 0.217 e. The molecular weight excluding hydrogens is 248 g/mol. The molecule has 0 aromatic heterocycles. The van der Waals surface area contributed by atoms with E-state index < -0.39 is 19.8 Å². The molecule has 5 heteroatoms. The molecule has 0 saturated heterocycles. The van der Waals surface area contributed by atoms with Crippen LogP contribution in [0, 0.1) is 0 Å². The van der Waals surface area contributed by atoms with Crippen molar-refractivity contribution in [3.8, 4) is 0 Å². The number of hydrogen-bond acceptors (Lipinski definition) is 0. The Hall–Kier alpha value is -1.10. The molecule has 0 bridgehead atoms. The maximum atomic E-state index is 13.6. The molecule has 0 atom stereocenters. The van der Waals surface area contributed by atoms with Gasteiger partial charge in [0.2, 0.25) is 0 Å². The van der Waals surface area contributed by atoms with Crippen molar-refractivity contribution in [3.63, 3.8) is 0 Å². The number of hydrogen-bond donors (Lipinski definition) is 0. The van der Waals surface area contributed by atoms with Crippen molar-refractivity contribution in [1.82, 2.24) is 0 Å². The fourth-order valence-electron chi connectivity index (χ4n) is 1.13. The highest BCUT2D eigenvalue weighted by Crippen LogP contribution is 2.29. The normalized spacial score (nSPS) is 13.9. The lowest BCUT2D eigenvalue weighted by Crippen LogP contribution is -2.20. The summed E-state index contributed by atoms with van der Waals surface area (Å²) in [5, 5.41) is 0. The van der Waals surface area contributed by atoms with Crippen LogP contribution in [0.25, 0.3) is 6.08 Å². The fourth-order valence-corrected chi connectivity index (χ4v) is 1.73. The second kappa shape index (κ2) is 4.64. The monoisotopic (exact) mass is 262 g/mol. The third-order valence-corrected chi connectivity index (χ3v) is 3.83. The van der Waals surface area contributed by atoms with E-state index in [1.54, 1.807) is 0 Å². The Morgan fingerprint density at radius 2 is 1.53 bits per heavy atom. The van der Waals surface area contributed by atoms with Crippen LogP contribution in [0.3, 0.4) is 0 Å². The molecule has 1 aromatic rings. The Morgan fingerprint density at radius 3 is 1.88 bits per heavy atom. The molecule has 94 valence electrons. The second-order valence-electron chi connectivity index (χ2n) is 4.86. The maximum Gasteiger partial charge on any atom is 0.416 e. The van der Waals surface area contributed by atoms with Crippen LogP contribution in [-0.4, -0.2) is 8.07 Å². The van der Waals surface area contributed by atoms with Crippen LogP contribution in [0.4, 0.5) is 17.6 Å². The SMILES string of the molecule is C[Si](C)(C)C(F)=Cc1ccc(C(F)(F)F)cc1. The number of benzene rings is 1. The summed E-state index contributed by atoms with van der Waals surface area (Å²) in [4.78, 5) is 0. The molecule has 0 radical (unpaired) electrons.